The third-order valence-electron chi connectivity index (χ3n) is 10.8. The number of pyridine rings is 1. The summed E-state index contributed by atoms with van der Waals surface area (Å²) < 4.78 is 18.3. The van der Waals surface area contributed by atoms with Crippen LogP contribution in [0.5, 0.6) is 0 Å². The van der Waals surface area contributed by atoms with E-state index in [2.05, 4.69) is 131 Å². The van der Waals surface area contributed by atoms with Crippen molar-refractivity contribution in [2.45, 2.75) is 76.5 Å². The van der Waals surface area contributed by atoms with Crippen LogP contribution in [0.3, 0.4) is 0 Å². The molecule has 9 rings (SSSR count). The molecule has 9 aromatic rings. The van der Waals surface area contributed by atoms with E-state index in [1.165, 1.54) is 33.0 Å². The Morgan fingerprint density at radius 3 is 2.08 bits per heavy atom. The molecule has 0 spiro atoms. The predicted molar refractivity (Wildman–Crippen MR) is 245 cm³/mol. The van der Waals surface area contributed by atoms with Crippen LogP contribution < -0.4 is 4.40 Å². The van der Waals surface area contributed by atoms with Crippen LogP contribution in [-0.2, 0) is 20.1 Å². The Morgan fingerprint density at radius 1 is 0.717 bits per heavy atom. The first-order valence-corrected chi connectivity index (χ1v) is 27.6. The summed E-state index contributed by atoms with van der Waals surface area (Å²) in [4.78, 5) is 14.3. The summed E-state index contributed by atoms with van der Waals surface area (Å²) in [6, 6.07) is 43.8. The molecule has 0 amide bonds. The number of imidazole rings is 1. The van der Waals surface area contributed by atoms with Gasteiger partial charge in [-0.2, -0.15) is 0 Å². The number of nitrogens with zero attached hydrogens (tertiary/aromatic N) is 6. The van der Waals surface area contributed by atoms with E-state index >= 15 is 0 Å². The van der Waals surface area contributed by atoms with Gasteiger partial charge in [-0.25, -0.2) is 4.98 Å². The number of aromatic nitrogens is 6. The Bertz CT molecular complexity index is 2940. The molecule has 0 saturated carbocycles. The van der Waals surface area contributed by atoms with Crippen LogP contribution in [0.4, 0.5) is 0 Å². The van der Waals surface area contributed by atoms with Crippen LogP contribution in [0.15, 0.2) is 126 Å². The molecule has 1 radical (unpaired) electrons. The van der Waals surface area contributed by atoms with E-state index in [0.29, 0.717) is 17.1 Å². The molecule has 0 saturated heterocycles. The largest absolute Gasteiger partial charge is 0 e. The van der Waals surface area contributed by atoms with Gasteiger partial charge in [0.25, 0.3) is 0 Å². The fraction of sp³-hybridized carbons (Fsp3) is 0.235. The van der Waals surface area contributed by atoms with Crippen LogP contribution in [0, 0.1) is 12.1 Å². The quantitative estimate of drug-likeness (QED) is 0.111. The van der Waals surface area contributed by atoms with E-state index in [9.17, 15) is 0 Å². The molecule has 0 unspecified atom stereocenters. The SMILES string of the molecule is CC(C)c1cc(-c2ccccc2)cc(C(C)C)c1-n1c(-c2[c-]ccc3c2oc2ccccc23)nc2nncnc21.[2H]C(C)(C)c1cc(-c2[c-]cccc2)nc[c]1[Ge]([CH3])([CH3])[CH3].[Ir]. The zero-order chi connectivity index (χ0) is 42.3. The Balaban J connectivity index is 0.000000226. The maximum absolute atomic E-state index is 8.44. The van der Waals surface area contributed by atoms with Gasteiger partial charge >= 0.3 is 120 Å². The molecule has 0 fully saturated rings. The van der Waals surface area contributed by atoms with Gasteiger partial charge in [-0.1, -0.05) is 87.2 Å². The molecular formula is C51H50GeIrN6O-2. The fourth-order valence-corrected chi connectivity index (χ4v) is 11.1. The molecule has 5 aromatic carbocycles. The zero-order valence-electron chi connectivity index (χ0n) is 36.6. The first kappa shape index (κ1) is 41.5. The Kier molecular flexibility index (Phi) is 12.3. The average Bonchev–Trinajstić information content (AvgIpc) is 3.82. The minimum Gasteiger partial charge on any atom is 0 e. The van der Waals surface area contributed by atoms with Gasteiger partial charge in [0.05, 0.1) is 11.4 Å². The summed E-state index contributed by atoms with van der Waals surface area (Å²) in [6.07, 6.45) is 3.49. The Hall–Kier alpha value is -5.28. The second-order valence-electron chi connectivity index (χ2n) is 16.9. The number of furan rings is 1. The third-order valence-corrected chi connectivity index (χ3v) is 15.0. The molecule has 0 N–H and O–H groups in total. The molecule has 9 heteroatoms. The molecule has 0 atom stereocenters. The second kappa shape index (κ2) is 17.7. The zero-order valence-corrected chi connectivity index (χ0v) is 40.1. The van der Waals surface area contributed by atoms with Gasteiger partial charge in [-0.05, 0) is 52.3 Å². The van der Waals surface area contributed by atoms with Gasteiger partial charge in [0.15, 0.2) is 5.65 Å². The molecule has 7 nitrogen and oxygen atoms in total. The average molecular weight is 1030 g/mol. The van der Waals surface area contributed by atoms with Crippen LogP contribution in [-0.4, -0.2) is 43.0 Å². The summed E-state index contributed by atoms with van der Waals surface area (Å²) in [5, 5.41) is 10.5. The van der Waals surface area contributed by atoms with Crippen LogP contribution >= 0.6 is 0 Å². The van der Waals surface area contributed by atoms with Gasteiger partial charge < -0.3 is 8.98 Å². The molecular weight excluding hydrogens is 977 g/mol. The van der Waals surface area contributed by atoms with Crippen molar-refractivity contribution >= 4 is 50.9 Å². The number of rotatable bonds is 8. The topological polar surface area (TPSA) is 82.5 Å². The number of para-hydroxylation sites is 1. The molecule has 4 heterocycles. The molecule has 0 aliphatic rings. The van der Waals surface area contributed by atoms with E-state index < -0.39 is 19.2 Å². The summed E-state index contributed by atoms with van der Waals surface area (Å²) in [7, 11) is 0. The first-order chi connectivity index (χ1) is 28.7. The Labute approximate surface area is 370 Å². The monoisotopic (exact) mass is 1030 g/mol. The van der Waals surface area contributed by atoms with Gasteiger partial charge in [-0.15, -0.1) is 28.4 Å². The summed E-state index contributed by atoms with van der Waals surface area (Å²) in [5.74, 6) is 7.61. The predicted octanol–water partition coefficient (Wildman–Crippen LogP) is 12.7. The molecule has 0 aliphatic heterocycles. The van der Waals surface area contributed by atoms with Crippen molar-refractivity contribution in [1.82, 2.24) is 29.7 Å². The molecule has 60 heavy (non-hydrogen) atoms. The Morgan fingerprint density at radius 2 is 1.42 bits per heavy atom. The summed E-state index contributed by atoms with van der Waals surface area (Å²) in [5.41, 5.74) is 12.4. The van der Waals surface area contributed by atoms with Crippen molar-refractivity contribution in [3.63, 3.8) is 0 Å². The van der Waals surface area contributed by atoms with E-state index in [-0.39, 0.29) is 31.9 Å². The van der Waals surface area contributed by atoms with Crippen LogP contribution in [0.2, 0.25) is 17.3 Å². The van der Waals surface area contributed by atoms with E-state index in [0.717, 1.165) is 50.0 Å². The van der Waals surface area contributed by atoms with Crippen molar-refractivity contribution < 1.29 is 25.9 Å². The van der Waals surface area contributed by atoms with Crippen molar-refractivity contribution in [1.29, 1.82) is 0 Å². The van der Waals surface area contributed by atoms with Gasteiger partial charge in [0, 0.05) is 31.2 Å². The number of hydrogen-bond acceptors (Lipinski definition) is 6. The molecule has 4 aromatic heterocycles. The van der Waals surface area contributed by atoms with Crippen molar-refractivity contribution in [3.8, 4) is 39.5 Å². The van der Waals surface area contributed by atoms with Crippen LogP contribution in [0.1, 0.15) is 77.3 Å². The molecule has 0 bridgehead atoms. The normalized spacial score (nSPS) is 12.2. The minimum absolute atomic E-state index is 0. The van der Waals surface area contributed by atoms with Crippen molar-refractivity contribution in [2.75, 3.05) is 0 Å². The van der Waals surface area contributed by atoms with E-state index in [1.807, 2.05) is 74.6 Å². The first-order valence-electron chi connectivity index (χ1n) is 20.8. The van der Waals surface area contributed by atoms with E-state index in [4.69, 9.17) is 15.8 Å². The minimum atomic E-state index is -2.03. The maximum atomic E-state index is 8.44. The van der Waals surface area contributed by atoms with Crippen molar-refractivity contribution in [3.05, 3.63) is 151 Å². The molecule has 0 aliphatic carbocycles. The van der Waals surface area contributed by atoms with Gasteiger partial charge in [0.1, 0.15) is 11.9 Å². The molecule has 305 valence electrons. The summed E-state index contributed by atoms with van der Waals surface area (Å²) in [6.45, 7) is 12.8. The van der Waals surface area contributed by atoms with Gasteiger partial charge in [-0.3, -0.25) is 4.98 Å². The fourth-order valence-electron chi connectivity index (χ4n) is 7.76. The smallest absolute Gasteiger partial charge is 0 e. The number of benzene rings is 5. The van der Waals surface area contributed by atoms with Gasteiger partial charge in [0.2, 0.25) is 5.65 Å². The second-order valence-corrected chi connectivity index (χ2v) is 27.5. The van der Waals surface area contributed by atoms with Crippen molar-refractivity contribution in [2.24, 2.45) is 0 Å². The summed E-state index contributed by atoms with van der Waals surface area (Å²) >= 11 is -2.03. The maximum Gasteiger partial charge on any atom is 0 e. The van der Waals surface area contributed by atoms with E-state index in [1.54, 1.807) is 0 Å². The number of fused-ring (bicyclic) bond motifs is 4. The third kappa shape index (κ3) is 8.38. The van der Waals surface area contributed by atoms with Crippen LogP contribution in [0.25, 0.3) is 72.7 Å². The number of hydrogen-bond donors (Lipinski definition) is 0. The standard InChI is InChI=1S/C34H28N5O.C17H22GeN.Ir/c1-20(2)27-17-23(22-11-6-5-7-12-22)18-28(21(3)4)30(27)39-33(37-32-34(39)35-19-36-38-32)26-15-10-14-25-24-13-8-9-16-29(24)40-31(25)26;1-13(2)15-11-17(14-9-7-6-8-10-14)19-12-16(15)18(3,4)5;/h5-14,16-21H,1-4H3;6-9,11-13H,1-5H3;/q2*-1;/i;13D;.